The fourth-order valence-electron chi connectivity index (χ4n) is 1.90. The topological polar surface area (TPSA) is 28.2 Å². The smallest absolute Gasteiger partial charge is 0.129 e. The summed E-state index contributed by atoms with van der Waals surface area (Å²) in [5, 5.41) is 3.32. The van der Waals surface area contributed by atoms with Crippen molar-refractivity contribution in [2.75, 3.05) is 24.5 Å². The van der Waals surface area contributed by atoms with Crippen LogP contribution in [-0.2, 0) is 0 Å². The number of anilines is 1. The highest BCUT2D eigenvalue weighted by Crippen LogP contribution is 2.17. The van der Waals surface area contributed by atoms with Gasteiger partial charge in [0.25, 0.3) is 0 Å². The number of hydrogen-bond acceptors (Lipinski definition) is 3. The van der Waals surface area contributed by atoms with Gasteiger partial charge in [0.1, 0.15) is 5.82 Å². The number of pyridine rings is 1. The van der Waals surface area contributed by atoms with Crippen molar-refractivity contribution in [2.24, 2.45) is 0 Å². The minimum atomic E-state index is 0.638. The highest BCUT2D eigenvalue weighted by molar-refractivity contribution is 5.42. The van der Waals surface area contributed by atoms with E-state index in [9.17, 15) is 0 Å². The maximum absolute atomic E-state index is 4.46. The first kappa shape index (κ1) is 10.4. The lowest BCUT2D eigenvalue weighted by atomic mass is 10.1. The molecule has 15 heavy (non-hydrogen) atoms. The third-order valence-corrected chi connectivity index (χ3v) is 2.86. The average molecular weight is 205 g/mol. The van der Waals surface area contributed by atoms with Gasteiger partial charge in [0.2, 0.25) is 0 Å². The number of aromatic nitrogens is 1. The summed E-state index contributed by atoms with van der Waals surface area (Å²) in [6, 6.07) is 4.86. The third-order valence-electron chi connectivity index (χ3n) is 2.86. The van der Waals surface area contributed by atoms with Crippen LogP contribution in [0.2, 0.25) is 0 Å². The normalized spacial score (nSPS) is 16.1. The van der Waals surface area contributed by atoms with Crippen LogP contribution in [-0.4, -0.2) is 30.7 Å². The molecule has 1 aromatic heterocycles. The zero-order chi connectivity index (χ0) is 10.7. The molecule has 2 heterocycles. The maximum atomic E-state index is 4.46. The molecule has 0 saturated carbocycles. The molecule has 0 spiro atoms. The molecule has 0 unspecified atom stereocenters. The molecule has 1 aliphatic rings. The molecule has 1 fully saturated rings. The van der Waals surface area contributed by atoms with E-state index in [1.165, 1.54) is 12.0 Å². The van der Waals surface area contributed by atoms with Crippen LogP contribution >= 0.6 is 0 Å². The van der Waals surface area contributed by atoms with Crippen molar-refractivity contribution in [1.29, 1.82) is 0 Å². The van der Waals surface area contributed by atoms with E-state index in [4.69, 9.17) is 0 Å². The molecule has 1 saturated heterocycles. The van der Waals surface area contributed by atoms with Crippen molar-refractivity contribution in [3.8, 4) is 0 Å². The summed E-state index contributed by atoms with van der Waals surface area (Å²) in [4.78, 5) is 6.88. The second-order valence-corrected chi connectivity index (χ2v) is 4.20. The van der Waals surface area contributed by atoms with Crippen molar-refractivity contribution in [1.82, 2.24) is 10.3 Å². The molecule has 0 aromatic carbocycles. The summed E-state index contributed by atoms with van der Waals surface area (Å²) >= 11 is 0. The molecule has 3 heteroatoms. The molecule has 82 valence electrons. The van der Waals surface area contributed by atoms with Crippen LogP contribution in [0.15, 0.2) is 18.3 Å². The van der Waals surface area contributed by atoms with Crippen molar-refractivity contribution >= 4 is 5.82 Å². The van der Waals surface area contributed by atoms with Crippen LogP contribution in [0.4, 0.5) is 5.82 Å². The van der Waals surface area contributed by atoms with E-state index in [0.29, 0.717) is 6.04 Å². The lowest BCUT2D eigenvalue weighted by Gasteiger charge is -2.39. The highest BCUT2D eigenvalue weighted by atomic mass is 15.3. The number of hydrogen-bond donors (Lipinski definition) is 1. The van der Waals surface area contributed by atoms with Gasteiger partial charge in [-0.25, -0.2) is 4.98 Å². The first-order chi connectivity index (χ1) is 7.31. The van der Waals surface area contributed by atoms with Gasteiger partial charge in [-0.15, -0.1) is 0 Å². The molecule has 1 aromatic rings. The molecule has 1 aliphatic heterocycles. The Morgan fingerprint density at radius 1 is 1.53 bits per heavy atom. The number of nitrogens with one attached hydrogen (secondary N) is 1. The maximum Gasteiger partial charge on any atom is 0.129 e. The average Bonchev–Trinajstić information content (AvgIpc) is 2.14. The predicted molar refractivity (Wildman–Crippen MR) is 63.3 cm³/mol. The van der Waals surface area contributed by atoms with Crippen LogP contribution in [0.1, 0.15) is 18.9 Å². The van der Waals surface area contributed by atoms with Crippen LogP contribution in [0.25, 0.3) is 0 Å². The summed E-state index contributed by atoms with van der Waals surface area (Å²) < 4.78 is 0. The van der Waals surface area contributed by atoms with E-state index in [1.54, 1.807) is 0 Å². The minimum Gasteiger partial charge on any atom is -0.351 e. The van der Waals surface area contributed by atoms with Crippen molar-refractivity contribution in [3.63, 3.8) is 0 Å². The Morgan fingerprint density at radius 3 is 2.87 bits per heavy atom. The third kappa shape index (κ3) is 2.29. The van der Waals surface area contributed by atoms with E-state index >= 15 is 0 Å². The highest BCUT2D eigenvalue weighted by Gasteiger charge is 2.24. The second kappa shape index (κ2) is 4.62. The van der Waals surface area contributed by atoms with Gasteiger partial charge in [0, 0.05) is 25.8 Å². The zero-order valence-corrected chi connectivity index (χ0v) is 9.53. The molecule has 1 N–H and O–H groups in total. The second-order valence-electron chi connectivity index (χ2n) is 4.20. The van der Waals surface area contributed by atoms with Crippen molar-refractivity contribution < 1.29 is 0 Å². The zero-order valence-electron chi connectivity index (χ0n) is 9.53. The molecular weight excluding hydrogens is 186 g/mol. The summed E-state index contributed by atoms with van der Waals surface area (Å²) in [6.45, 7) is 7.62. The predicted octanol–water partition coefficient (Wildman–Crippen LogP) is 1.58. The van der Waals surface area contributed by atoms with Crippen molar-refractivity contribution in [3.05, 3.63) is 23.9 Å². The fraction of sp³-hybridized carbons (Fsp3) is 0.583. The lowest BCUT2D eigenvalue weighted by molar-refractivity contribution is 0.410. The number of rotatable bonds is 4. The molecule has 0 bridgehead atoms. The fourth-order valence-corrected chi connectivity index (χ4v) is 1.90. The van der Waals surface area contributed by atoms with Gasteiger partial charge in [-0.3, -0.25) is 0 Å². The van der Waals surface area contributed by atoms with E-state index in [2.05, 4.69) is 35.1 Å². The summed E-state index contributed by atoms with van der Waals surface area (Å²) in [7, 11) is 0. The largest absolute Gasteiger partial charge is 0.351 e. The van der Waals surface area contributed by atoms with Crippen LogP contribution in [0, 0.1) is 6.92 Å². The molecule has 0 amide bonds. The van der Waals surface area contributed by atoms with Crippen LogP contribution < -0.4 is 10.2 Å². The summed E-state index contributed by atoms with van der Waals surface area (Å²) in [5.74, 6) is 1.13. The SMILES string of the molecule is CCCN(c1cc(C)ccn1)C1CNC1. The number of aryl methyl sites for hydroxylation is 1. The van der Waals surface area contributed by atoms with Gasteiger partial charge in [0.15, 0.2) is 0 Å². The van der Waals surface area contributed by atoms with E-state index < -0.39 is 0 Å². The van der Waals surface area contributed by atoms with Crippen LogP contribution in [0.3, 0.4) is 0 Å². The molecule has 0 atom stereocenters. The monoisotopic (exact) mass is 205 g/mol. The summed E-state index contributed by atoms with van der Waals surface area (Å²) in [5.41, 5.74) is 1.29. The van der Waals surface area contributed by atoms with Gasteiger partial charge in [-0.2, -0.15) is 0 Å². The van der Waals surface area contributed by atoms with Gasteiger partial charge >= 0.3 is 0 Å². The molecule has 0 radical (unpaired) electrons. The van der Waals surface area contributed by atoms with E-state index in [0.717, 1.165) is 25.5 Å². The Bertz CT molecular complexity index is 320. The Kier molecular flexibility index (Phi) is 3.21. The van der Waals surface area contributed by atoms with Gasteiger partial charge in [-0.05, 0) is 31.0 Å². The quantitative estimate of drug-likeness (QED) is 0.809. The van der Waals surface area contributed by atoms with Gasteiger partial charge < -0.3 is 10.2 Å². The first-order valence-electron chi connectivity index (χ1n) is 5.71. The molecular formula is C12H19N3. The summed E-state index contributed by atoms with van der Waals surface area (Å²) in [6.07, 6.45) is 3.07. The van der Waals surface area contributed by atoms with E-state index in [-0.39, 0.29) is 0 Å². The van der Waals surface area contributed by atoms with Crippen molar-refractivity contribution in [2.45, 2.75) is 26.3 Å². The minimum absolute atomic E-state index is 0.638. The Balaban J connectivity index is 2.15. The van der Waals surface area contributed by atoms with Gasteiger partial charge in [0.05, 0.1) is 6.04 Å². The van der Waals surface area contributed by atoms with Gasteiger partial charge in [-0.1, -0.05) is 6.92 Å². The Hall–Kier alpha value is -1.09. The molecule has 3 nitrogen and oxygen atoms in total. The standard InChI is InChI=1S/C12H19N3/c1-3-6-15(11-8-13-9-11)12-7-10(2)4-5-14-12/h4-5,7,11,13H,3,6,8-9H2,1-2H3. The van der Waals surface area contributed by atoms with Crippen LogP contribution in [0.5, 0.6) is 0 Å². The number of nitrogens with zero attached hydrogens (tertiary/aromatic N) is 2. The lowest BCUT2D eigenvalue weighted by Crippen LogP contribution is -2.57. The molecule has 0 aliphatic carbocycles. The Labute approximate surface area is 91.5 Å². The van der Waals surface area contributed by atoms with E-state index in [1.807, 2.05) is 12.3 Å². The first-order valence-corrected chi connectivity index (χ1v) is 5.71. The molecule has 2 rings (SSSR count). The Morgan fingerprint density at radius 2 is 2.33 bits per heavy atom.